The Morgan fingerprint density at radius 2 is 1.67 bits per heavy atom. The van der Waals surface area contributed by atoms with Gasteiger partial charge in [0.2, 0.25) is 0 Å². The highest BCUT2D eigenvalue weighted by Crippen LogP contribution is 2.14. The van der Waals surface area contributed by atoms with Gasteiger partial charge in [0, 0.05) is 18.4 Å². The van der Waals surface area contributed by atoms with Gasteiger partial charge in [0.1, 0.15) is 5.75 Å². The number of hydrogen-bond acceptors (Lipinski definition) is 3. The third kappa shape index (κ3) is 4.99. The summed E-state index contributed by atoms with van der Waals surface area (Å²) in [6, 6.07) is 7.02. The Labute approximate surface area is 107 Å². The second-order valence-corrected chi connectivity index (χ2v) is 4.11. The lowest BCUT2D eigenvalue weighted by Crippen LogP contribution is -1.99. The predicted molar refractivity (Wildman–Crippen MR) is 68.0 cm³/mol. The molecule has 1 rings (SSSR count). The SMILES string of the molecule is COc1ccc(C(=O)CCCCCC(=O)O)cc1. The minimum Gasteiger partial charge on any atom is -0.497 e. The molecule has 0 fully saturated rings. The summed E-state index contributed by atoms with van der Waals surface area (Å²) >= 11 is 0. The number of rotatable bonds is 8. The quantitative estimate of drug-likeness (QED) is 0.569. The van der Waals surface area contributed by atoms with Crippen LogP contribution in [0.5, 0.6) is 5.75 Å². The molecule has 18 heavy (non-hydrogen) atoms. The number of aliphatic carboxylic acids is 1. The molecule has 1 aromatic carbocycles. The molecule has 4 heteroatoms. The number of ketones is 1. The molecule has 98 valence electrons. The van der Waals surface area contributed by atoms with Gasteiger partial charge < -0.3 is 9.84 Å². The lowest BCUT2D eigenvalue weighted by atomic mass is 10.0. The minimum atomic E-state index is -0.781. The first kappa shape index (κ1) is 14.2. The normalized spacial score (nSPS) is 10.1. The topological polar surface area (TPSA) is 63.6 Å². The van der Waals surface area contributed by atoms with Gasteiger partial charge in [0.15, 0.2) is 5.78 Å². The standard InChI is InChI=1S/C14H18O4/c1-18-12-9-7-11(8-10-12)13(15)5-3-2-4-6-14(16)17/h7-10H,2-6H2,1H3,(H,16,17). The molecule has 0 atom stereocenters. The summed E-state index contributed by atoms with van der Waals surface area (Å²) in [7, 11) is 1.58. The highest BCUT2D eigenvalue weighted by atomic mass is 16.5. The number of carbonyl (C=O) groups is 2. The molecule has 0 aliphatic carbocycles. The molecule has 0 unspecified atom stereocenters. The van der Waals surface area contributed by atoms with E-state index in [9.17, 15) is 9.59 Å². The van der Waals surface area contributed by atoms with Crippen LogP contribution in [0.1, 0.15) is 42.5 Å². The summed E-state index contributed by atoms with van der Waals surface area (Å²) in [4.78, 5) is 22.1. The van der Waals surface area contributed by atoms with Gasteiger partial charge in [-0.3, -0.25) is 9.59 Å². The van der Waals surface area contributed by atoms with Crippen molar-refractivity contribution in [2.75, 3.05) is 7.11 Å². The van der Waals surface area contributed by atoms with Crippen LogP contribution in [0.25, 0.3) is 0 Å². The second-order valence-electron chi connectivity index (χ2n) is 4.11. The second kappa shape index (κ2) is 7.48. The molecular formula is C14H18O4. The van der Waals surface area contributed by atoms with E-state index in [-0.39, 0.29) is 12.2 Å². The third-order valence-corrected chi connectivity index (χ3v) is 2.71. The molecule has 0 aliphatic rings. The molecule has 4 nitrogen and oxygen atoms in total. The molecule has 1 aromatic rings. The van der Waals surface area contributed by atoms with Gasteiger partial charge in [-0.15, -0.1) is 0 Å². The molecule has 0 heterocycles. The molecule has 0 saturated carbocycles. The van der Waals surface area contributed by atoms with Crippen molar-refractivity contribution in [1.82, 2.24) is 0 Å². The van der Waals surface area contributed by atoms with Crippen molar-refractivity contribution in [2.45, 2.75) is 32.1 Å². The Morgan fingerprint density at radius 3 is 2.22 bits per heavy atom. The van der Waals surface area contributed by atoms with Gasteiger partial charge in [-0.1, -0.05) is 6.42 Å². The van der Waals surface area contributed by atoms with E-state index in [4.69, 9.17) is 9.84 Å². The summed E-state index contributed by atoms with van der Waals surface area (Å²) < 4.78 is 5.02. The molecule has 0 aliphatic heterocycles. The molecule has 0 radical (unpaired) electrons. The van der Waals surface area contributed by atoms with Crippen LogP contribution >= 0.6 is 0 Å². The van der Waals surface area contributed by atoms with Crippen LogP contribution in [0.4, 0.5) is 0 Å². The van der Waals surface area contributed by atoms with Crippen molar-refractivity contribution in [3.8, 4) is 5.75 Å². The summed E-state index contributed by atoms with van der Waals surface area (Å²) in [6.07, 6.45) is 2.78. The number of unbranched alkanes of at least 4 members (excludes halogenated alkanes) is 2. The highest BCUT2D eigenvalue weighted by Gasteiger charge is 2.06. The monoisotopic (exact) mass is 250 g/mol. The molecule has 0 spiro atoms. The van der Waals surface area contributed by atoms with Crippen LogP contribution in [0.2, 0.25) is 0 Å². The predicted octanol–water partition coefficient (Wildman–Crippen LogP) is 2.91. The van der Waals surface area contributed by atoms with Crippen molar-refractivity contribution in [3.05, 3.63) is 29.8 Å². The fourth-order valence-electron chi connectivity index (χ4n) is 1.66. The molecule has 0 amide bonds. The van der Waals surface area contributed by atoms with Crippen LogP contribution in [0.3, 0.4) is 0 Å². The highest BCUT2D eigenvalue weighted by molar-refractivity contribution is 5.96. The minimum absolute atomic E-state index is 0.0907. The van der Waals surface area contributed by atoms with Crippen LogP contribution in [-0.4, -0.2) is 24.0 Å². The van der Waals surface area contributed by atoms with Crippen LogP contribution < -0.4 is 4.74 Å². The van der Waals surface area contributed by atoms with Crippen molar-refractivity contribution in [2.24, 2.45) is 0 Å². The maximum absolute atomic E-state index is 11.8. The van der Waals surface area contributed by atoms with E-state index in [0.717, 1.165) is 18.6 Å². The zero-order valence-electron chi connectivity index (χ0n) is 10.5. The van der Waals surface area contributed by atoms with E-state index in [1.807, 2.05) is 0 Å². The third-order valence-electron chi connectivity index (χ3n) is 2.71. The van der Waals surface area contributed by atoms with Gasteiger partial charge >= 0.3 is 5.97 Å². The number of methoxy groups -OCH3 is 1. The fourth-order valence-corrected chi connectivity index (χ4v) is 1.66. The first-order valence-corrected chi connectivity index (χ1v) is 6.02. The lowest BCUT2D eigenvalue weighted by molar-refractivity contribution is -0.137. The smallest absolute Gasteiger partial charge is 0.303 e. The number of carboxylic acids is 1. The zero-order valence-corrected chi connectivity index (χ0v) is 10.5. The van der Waals surface area contributed by atoms with E-state index in [0.29, 0.717) is 18.4 Å². The largest absolute Gasteiger partial charge is 0.497 e. The summed E-state index contributed by atoms with van der Waals surface area (Å²) in [5.41, 5.74) is 0.675. The van der Waals surface area contributed by atoms with E-state index < -0.39 is 5.97 Å². The van der Waals surface area contributed by atoms with Crippen LogP contribution in [0.15, 0.2) is 24.3 Å². The van der Waals surface area contributed by atoms with Crippen molar-refractivity contribution in [1.29, 1.82) is 0 Å². The Hall–Kier alpha value is -1.84. The maximum Gasteiger partial charge on any atom is 0.303 e. The summed E-state index contributed by atoms with van der Waals surface area (Å²) in [5, 5.41) is 8.47. The number of benzene rings is 1. The van der Waals surface area contributed by atoms with Gasteiger partial charge in [-0.2, -0.15) is 0 Å². The Balaban J connectivity index is 2.29. The lowest BCUT2D eigenvalue weighted by Gasteiger charge is -2.03. The van der Waals surface area contributed by atoms with Gasteiger partial charge in [0.05, 0.1) is 7.11 Å². The number of Topliss-reactive ketones (excluding diaryl/α,β-unsaturated/α-hetero) is 1. The van der Waals surface area contributed by atoms with Gasteiger partial charge in [-0.25, -0.2) is 0 Å². The average molecular weight is 250 g/mol. The van der Waals surface area contributed by atoms with Crippen LogP contribution in [0, 0.1) is 0 Å². The van der Waals surface area contributed by atoms with Gasteiger partial charge in [0.25, 0.3) is 0 Å². The summed E-state index contributed by atoms with van der Waals surface area (Å²) in [5.74, 6) is 0.0393. The maximum atomic E-state index is 11.8. The molecule has 0 bridgehead atoms. The molecule has 0 saturated heterocycles. The first-order valence-electron chi connectivity index (χ1n) is 6.02. The Bertz CT molecular complexity index is 395. The number of hydrogen-bond donors (Lipinski definition) is 1. The summed E-state index contributed by atoms with van der Waals surface area (Å²) in [6.45, 7) is 0. The van der Waals surface area contributed by atoms with E-state index in [2.05, 4.69) is 0 Å². The van der Waals surface area contributed by atoms with Crippen LogP contribution in [-0.2, 0) is 4.79 Å². The zero-order chi connectivity index (χ0) is 13.4. The van der Waals surface area contributed by atoms with E-state index in [1.165, 1.54) is 0 Å². The number of ether oxygens (including phenoxy) is 1. The van der Waals surface area contributed by atoms with E-state index in [1.54, 1.807) is 31.4 Å². The number of carboxylic acid groups (broad SMARTS) is 1. The Kier molecular flexibility index (Phi) is 5.91. The average Bonchev–Trinajstić information content (AvgIpc) is 2.38. The molecule has 1 N–H and O–H groups in total. The first-order chi connectivity index (χ1) is 8.63. The Morgan fingerprint density at radius 1 is 1.06 bits per heavy atom. The molecule has 0 aromatic heterocycles. The van der Waals surface area contributed by atoms with Gasteiger partial charge in [-0.05, 0) is 37.1 Å². The number of carbonyl (C=O) groups excluding carboxylic acids is 1. The van der Waals surface area contributed by atoms with Crippen molar-refractivity contribution in [3.63, 3.8) is 0 Å². The van der Waals surface area contributed by atoms with Crippen molar-refractivity contribution < 1.29 is 19.4 Å². The van der Waals surface area contributed by atoms with E-state index >= 15 is 0 Å². The molecular weight excluding hydrogens is 232 g/mol. The fraction of sp³-hybridized carbons (Fsp3) is 0.429. The van der Waals surface area contributed by atoms with Crippen molar-refractivity contribution >= 4 is 11.8 Å².